The molecule has 0 bridgehead atoms. The summed E-state index contributed by atoms with van der Waals surface area (Å²) in [7, 11) is 0. The van der Waals surface area contributed by atoms with Crippen LogP contribution in [-0.4, -0.2) is 17.1 Å². The predicted octanol–water partition coefficient (Wildman–Crippen LogP) is 5.42. The normalized spacial score (nSPS) is 15.2. The van der Waals surface area contributed by atoms with E-state index in [0.717, 1.165) is 34.6 Å². The van der Waals surface area contributed by atoms with Gasteiger partial charge in [-0.1, -0.05) is 43.5 Å². The molecule has 2 N–H and O–H groups in total. The lowest BCUT2D eigenvalue weighted by atomic mass is 9.96. The first-order valence-corrected chi connectivity index (χ1v) is 9.63. The summed E-state index contributed by atoms with van der Waals surface area (Å²) in [6.07, 6.45) is 5.86. The molecule has 0 radical (unpaired) electrons. The highest BCUT2D eigenvalue weighted by Gasteiger charge is 2.15. The van der Waals surface area contributed by atoms with Crippen molar-refractivity contribution in [2.24, 2.45) is 0 Å². The zero-order chi connectivity index (χ0) is 17.1. The van der Waals surface area contributed by atoms with Crippen LogP contribution in [0.4, 0.5) is 10.5 Å². The van der Waals surface area contributed by atoms with Crippen LogP contribution in [0.25, 0.3) is 20.8 Å². The summed E-state index contributed by atoms with van der Waals surface area (Å²) in [5, 5.41) is 7.01. The second-order valence-corrected chi connectivity index (χ2v) is 7.53. The number of nitrogens with zero attached hydrogens (tertiary/aromatic N) is 1. The maximum absolute atomic E-state index is 12.2. The number of fused-ring (bicyclic) bond motifs is 1. The number of anilines is 1. The van der Waals surface area contributed by atoms with Crippen LogP contribution in [0, 0.1) is 0 Å². The third-order valence-corrected chi connectivity index (χ3v) is 5.69. The van der Waals surface area contributed by atoms with Crippen molar-refractivity contribution in [2.75, 3.05) is 5.32 Å². The molecule has 1 saturated carbocycles. The lowest BCUT2D eigenvalue weighted by Crippen LogP contribution is -2.39. The molecule has 2 amide bonds. The summed E-state index contributed by atoms with van der Waals surface area (Å²) in [6.45, 7) is 0. The van der Waals surface area contributed by atoms with Crippen LogP contribution in [0.15, 0.2) is 48.5 Å². The lowest BCUT2D eigenvalue weighted by molar-refractivity contribution is 0.244. The smallest absolute Gasteiger partial charge is 0.319 e. The van der Waals surface area contributed by atoms with Crippen LogP contribution in [0.1, 0.15) is 32.1 Å². The molecule has 4 nitrogen and oxygen atoms in total. The molecule has 0 unspecified atom stereocenters. The van der Waals surface area contributed by atoms with E-state index in [4.69, 9.17) is 0 Å². The summed E-state index contributed by atoms with van der Waals surface area (Å²) in [5.74, 6) is 0. The van der Waals surface area contributed by atoms with Crippen LogP contribution < -0.4 is 10.6 Å². The maximum atomic E-state index is 12.2. The number of carbonyl (C=O) groups is 1. The van der Waals surface area contributed by atoms with Gasteiger partial charge in [-0.2, -0.15) is 0 Å². The highest BCUT2D eigenvalue weighted by atomic mass is 32.1. The van der Waals surface area contributed by atoms with E-state index >= 15 is 0 Å². The molecule has 4 rings (SSSR count). The monoisotopic (exact) mass is 351 g/mol. The molecule has 25 heavy (non-hydrogen) atoms. The molecule has 1 aromatic heterocycles. The van der Waals surface area contributed by atoms with Gasteiger partial charge >= 0.3 is 6.03 Å². The number of rotatable bonds is 3. The molecule has 2 aromatic carbocycles. The van der Waals surface area contributed by atoms with Gasteiger partial charge in [0.05, 0.1) is 10.2 Å². The van der Waals surface area contributed by atoms with Crippen LogP contribution in [0.5, 0.6) is 0 Å². The van der Waals surface area contributed by atoms with Gasteiger partial charge in [0.2, 0.25) is 0 Å². The number of nitrogens with one attached hydrogen (secondary N) is 2. The molecule has 3 aromatic rings. The molecule has 5 heteroatoms. The van der Waals surface area contributed by atoms with Crippen LogP contribution in [0.3, 0.4) is 0 Å². The van der Waals surface area contributed by atoms with Crippen molar-refractivity contribution in [3.05, 3.63) is 48.5 Å². The number of urea groups is 1. The number of para-hydroxylation sites is 1. The second kappa shape index (κ2) is 7.23. The van der Waals surface area contributed by atoms with Gasteiger partial charge in [-0.25, -0.2) is 9.78 Å². The van der Waals surface area contributed by atoms with E-state index in [9.17, 15) is 4.79 Å². The minimum absolute atomic E-state index is 0.117. The fourth-order valence-electron chi connectivity index (χ4n) is 3.33. The first-order chi connectivity index (χ1) is 12.3. The van der Waals surface area contributed by atoms with E-state index in [1.54, 1.807) is 11.3 Å². The first kappa shape index (κ1) is 16.1. The van der Waals surface area contributed by atoms with Gasteiger partial charge < -0.3 is 10.6 Å². The van der Waals surface area contributed by atoms with Gasteiger partial charge in [0.25, 0.3) is 0 Å². The summed E-state index contributed by atoms with van der Waals surface area (Å²) < 4.78 is 1.17. The fraction of sp³-hybridized carbons (Fsp3) is 0.300. The van der Waals surface area contributed by atoms with E-state index in [1.165, 1.54) is 24.0 Å². The fourth-order valence-corrected chi connectivity index (χ4v) is 4.29. The van der Waals surface area contributed by atoms with Crippen molar-refractivity contribution in [2.45, 2.75) is 38.1 Å². The number of thiazole rings is 1. The van der Waals surface area contributed by atoms with Gasteiger partial charge in [-0.3, -0.25) is 0 Å². The molecule has 0 aliphatic heterocycles. The highest BCUT2D eigenvalue weighted by molar-refractivity contribution is 7.21. The number of aromatic nitrogens is 1. The number of benzene rings is 2. The lowest BCUT2D eigenvalue weighted by Gasteiger charge is -2.22. The molecule has 0 spiro atoms. The van der Waals surface area contributed by atoms with Gasteiger partial charge in [-0.15, -0.1) is 11.3 Å². The van der Waals surface area contributed by atoms with Crippen LogP contribution in [-0.2, 0) is 0 Å². The third kappa shape index (κ3) is 3.82. The van der Waals surface area contributed by atoms with Crippen molar-refractivity contribution in [1.29, 1.82) is 0 Å². The number of carbonyl (C=O) groups excluding carboxylic acids is 1. The number of hydrogen-bond donors (Lipinski definition) is 2. The van der Waals surface area contributed by atoms with Crippen LogP contribution in [0.2, 0.25) is 0 Å². The first-order valence-electron chi connectivity index (χ1n) is 8.81. The highest BCUT2D eigenvalue weighted by Crippen LogP contribution is 2.31. The largest absolute Gasteiger partial charge is 0.335 e. The molecular formula is C20H21N3OS. The summed E-state index contributed by atoms with van der Waals surface area (Å²) >= 11 is 1.67. The van der Waals surface area contributed by atoms with E-state index in [0.29, 0.717) is 6.04 Å². The Morgan fingerprint density at radius 1 is 1.04 bits per heavy atom. The van der Waals surface area contributed by atoms with Gasteiger partial charge in [-0.05, 0) is 37.1 Å². The Hall–Kier alpha value is -2.40. The molecular weight excluding hydrogens is 330 g/mol. The molecule has 1 aliphatic rings. The minimum atomic E-state index is -0.117. The van der Waals surface area contributed by atoms with E-state index in [1.807, 2.05) is 42.5 Å². The van der Waals surface area contributed by atoms with Crippen molar-refractivity contribution < 1.29 is 4.79 Å². The molecule has 1 fully saturated rings. The zero-order valence-corrected chi connectivity index (χ0v) is 14.8. The third-order valence-electron chi connectivity index (χ3n) is 4.60. The molecule has 1 heterocycles. The molecule has 128 valence electrons. The zero-order valence-electron chi connectivity index (χ0n) is 14.0. The number of amides is 2. The van der Waals surface area contributed by atoms with Gasteiger partial charge in [0, 0.05) is 17.3 Å². The van der Waals surface area contributed by atoms with Gasteiger partial charge in [0.15, 0.2) is 0 Å². The quantitative estimate of drug-likeness (QED) is 0.662. The van der Waals surface area contributed by atoms with Crippen molar-refractivity contribution >= 4 is 33.3 Å². The average molecular weight is 351 g/mol. The Bertz CT molecular complexity index is 850. The van der Waals surface area contributed by atoms with E-state index < -0.39 is 0 Å². The minimum Gasteiger partial charge on any atom is -0.335 e. The second-order valence-electron chi connectivity index (χ2n) is 6.50. The average Bonchev–Trinajstić information content (AvgIpc) is 3.07. The van der Waals surface area contributed by atoms with Gasteiger partial charge in [0.1, 0.15) is 5.01 Å². The Morgan fingerprint density at radius 3 is 2.72 bits per heavy atom. The molecule has 1 aliphatic carbocycles. The maximum Gasteiger partial charge on any atom is 0.319 e. The Labute approximate surface area is 151 Å². The van der Waals surface area contributed by atoms with Crippen molar-refractivity contribution in [3.8, 4) is 10.6 Å². The summed E-state index contributed by atoms with van der Waals surface area (Å²) in [5.41, 5.74) is 2.83. The topological polar surface area (TPSA) is 54.0 Å². The van der Waals surface area contributed by atoms with Crippen molar-refractivity contribution in [3.63, 3.8) is 0 Å². The Balaban J connectivity index is 1.48. The standard InChI is InChI=1S/C20H21N3OS/c24-20(21-15-8-2-1-3-9-15)22-16-10-6-7-14(13-16)19-23-17-11-4-5-12-18(17)25-19/h4-7,10-13,15H,1-3,8-9H2,(H2,21,22,24). The Morgan fingerprint density at radius 2 is 1.88 bits per heavy atom. The van der Waals surface area contributed by atoms with Crippen LogP contribution >= 0.6 is 11.3 Å². The summed E-state index contributed by atoms with van der Waals surface area (Å²) in [6, 6.07) is 16.2. The predicted molar refractivity (Wildman–Crippen MR) is 104 cm³/mol. The summed E-state index contributed by atoms with van der Waals surface area (Å²) in [4.78, 5) is 16.9. The SMILES string of the molecule is O=C(Nc1cccc(-c2nc3ccccc3s2)c1)NC1CCCCC1. The molecule has 0 atom stereocenters. The Kier molecular flexibility index (Phi) is 4.65. The van der Waals surface area contributed by atoms with E-state index in [2.05, 4.69) is 21.7 Å². The number of hydrogen-bond acceptors (Lipinski definition) is 3. The van der Waals surface area contributed by atoms with Crippen molar-refractivity contribution in [1.82, 2.24) is 10.3 Å². The molecule has 0 saturated heterocycles. The van der Waals surface area contributed by atoms with E-state index in [-0.39, 0.29) is 6.03 Å².